The number of halogens is 1. The average Bonchev–Trinajstić information content (AvgIpc) is 2.71. The quantitative estimate of drug-likeness (QED) is 0.730. The van der Waals surface area contributed by atoms with Crippen LogP contribution >= 0.6 is 11.6 Å². The van der Waals surface area contributed by atoms with Crippen LogP contribution in [0.3, 0.4) is 0 Å². The topological polar surface area (TPSA) is 59.0 Å². The van der Waals surface area contributed by atoms with Crippen LogP contribution in [0.25, 0.3) is 0 Å². The maximum Gasteiger partial charge on any atom is 0.307 e. The van der Waals surface area contributed by atoms with Crippen LogP contribution in [-0.4, -0.2) is 42.8 Å². The third-order valence-electron chi connectivity index (χ3n) is 5.17. The fraction of sp³-hybridized carbons (Fsp3) is 0.409. The van der Waals surface area contributed by atoms with Crippen LogP contribution in [0.1, 0.15) is 36.9 Å². The van der Waals surface area contributed by atoms with E-state index in [9.17, 15) is 9.90 Å². The molecule has 1 N–H and O–H groups in total. The first kappa shape index (κ1) is 20.5. The van der Waals surface area contributed by atoms with Crippen LogP contribution in [0.5, 0.6) is 11.5 Å². The molecule has 28 heavy (non-hydrogen) atoms. The van der Waals surface area contributed by atoms with Crippen molar-refractivity contribution in [2.24, 2.45) is 5.92 Å². The van der Waals surface area contributed by atoms with Gasteiger partial charge in [0.2, 0.25) is 0 Å². The number of rotatable bonds is 7. The van der Waals surface area contributed by atoms with E-state index in [1.165, 1.54) is 0 Å². The van der Waals surface area contributed by atoms with Gasteiger partial charge in [-0.1, -0.05) is 29.8 Å². The molecule has 0 spiro atoms. The Balaban J connectivity index is 2.13. The van der Waals surface area contributed by atoms with Crippen LogP contribution in [0.15, 0.2) is 42.5 Å². The molecule has 2 unspecified atom stereocenters. The van der Waals surface area contributed by atoms with Crippen molar-refractivity contribution < 1.29 is 19.4 Å². The number of likely N-dealkylation sites (tertiary alicyclic amines) is 1. The number of nitrogens with zero attached hydrogens (tertiary/aromatic N) is 1. The minimum Gasteiger partial charge on any atom is -0.496 e. The second kappa shape index (κ2) is 9.30. The van der Waals surface area contributed by atoms with Gasteiger partial charge in [-0.3, -0.25) is 9.69 Å². The van der Waals surface area contributed by atoms with Gasteiger partial charge in [-0.05, 0) is 50.6 Å². The molecule has 1 saturated heterocycles. The maximum absolute atomic E-state index is 11.6. The molecule has 0 saturated carbocycles. The van der Waals surface area contributed by atoms with Gasteiger partial charge in [0.05, 0.1) is 25.7 Å². The predicted octanol–water partition coefficient (Wildman–Crippen LogP) is 4.63. The lowest BCUT2D eigenvalue weighted by molar-refractivity contribution is -0.143. The van der Waals surface area contributed by atoms with Crippen molar-refractivity contribution in [3.63, 3.8) is 0 Å². The Kier molecular flexibility index (Phi) is 6.81. The molecule has 0 aliphatic carbocycles. The summed E-state index contributed by atoms with van der Waals surface area (Å²) in [5, 5.41) is 10.2. The Morgan fingerprint density at radius 3 is 2.75 bits per heavy atom. The maximum atomic E-state index is 11.6. The summed E-state index contributed by atoms with van der Waals surface area (Å²) < 4.78 is 11.5. The Hall–Kier alpha value is -2.24. The highest BCUT2D eigenvalue weighted by Gasteiger charge is 2.34. The van der Waals surface area contributed by atoms with Gasteiger partial charge in [0.15, 0.2) is 0 Å². The molecule has 6 heteroatoms. The van der Waals surface area contributed by atoms with Crippen molar-refractivity contribution in [1.29, 1.82) is 0 Å². The fourth-order valence-electron chi connectivity index (χ4n) is 3.92. The minimum absolute atomic E-state index is 0.210. The molecule has 0 radical (unpaired) electrons. The standard InChI is InChI=1S/C22H26ClNO4/c1-3-28-20-11-10-16(23)13-18(20)21(17-8-4-5-9-19(17)27-2)24-12-6-7-15(14-24)22(25)26/h4-5,8-11,13,15,21H,3,6-7,12,14H2,1-2H3,(H,25,26). The SMILES string of the molecule is CCOc1ccc(Cl)cc1C(c1ccccc1OC)N1CCCC(C(=O)O)C1. The van der Waals surface area contributed by atoms with E-state index in [2.05, 4.69) is 4.90 Å². The number of benzene rings is 2. The number of piperidine rings is 1. The smallest absolute Gasteiger partial charge is 0.307 e. The summed E-state index contributed by atoms with van der Waals surface area (Å²) in [5.41, 5.74) is 1.89. The number of carboxylic acids is 1. The Morgan fingerprint density at radius 2 is 2.04 bits per heavy atom. The van der Waals surface area contributed by atoms with E-state index in [4.69, 9.17) is 21.1 Å². The molecule has 2 atom stereocenters. The molecule has 1 aliphatic heterocycles. The number of carboxylic acid groups (broad SMARTS) is 1. The Bertz CT molecular complexity index is 826. The van der Waals surface area contributed by atoms with Gasteiger partial charge in [-0.15, -0.1) is 0 Å². The number of carbonyl (C=O) groups is 1. The van der Waals surface area contributed by atoms with E-state index in [0.29, 0.717) is 24.6 Å². The van der Waals surface area contributed by atoms with Gasteiger partial charge < -0.3 is 14.6 Å². The molecule has 0 bridgehead atoms. The van der Waals surface area contributed by atoms with Crippen molar-refractivity contribution in [3.05, 3.63) is 58.6 Å². The second-order valence-electron chi connectivity index (χ2n) is 6.93. The largest absolute Gasteiger partial charge is 0.496 e. The highest BCUT2D eigenvalue weighted by molar-refractivity contribution is 6.30. The molecular formula is C22H26ClNO4. The normalized spacial score (nSPS) is 18.5. The number of ether oxygens (including phenoxy) is 2. The van der Waals surface area contributed by atoms with Crippen molar-refractivity contribution >= 4 is 17.6 Å². The molecule has 2 aromatic rings. The van der Waals surface area contributed by atoms with E-state index in [0.717, 1.165) is 35.6 Å². The summed E-state index contributed by atoms with van der Waals surface area (Å²) in [5.74, 6) is 0.368. The lowest BCUT2D eigenvalue weighted by Gasteiger charge is -2.38. The summed E-state index contributed by atoms with van der Waals surface area (Å²) >= 11 is 6.34. The van der Waals surface area contributed by atoms with Gasteiger partial charge in [0, 0.05) is 22.7 Å². The Labute approximate surface area is 170 Å². The molecular weight excluding hydrogens is 378 g/mol. The number of aliphatic carboxylic acids is 1. The highest BCUT2D eigenvalue weighted by atomic mass is 35.5. The zero-order valence-corrected chi connectivity index (χ0v) is 17.0. The van der Waals surface area contributed by atoms with E-state index >= 15 is 0 Å². The van der Waals surface area contributed by atoms with E-state index in [-0.39, 0.29) is 12.0 Å². The molecule has 1 heterocycles. The molecule has 1 fully saturated rings. The lowest BCUT2D eigenvalue weighted by atomic mass is 9.90. The predicted molar refractivity (Wildman–Crippen MR) is 109 cm³/mol. The van der Waals surface area contributed by atoms with Crippen LogP contribution in [0.4, 0.5) is 0 Å². The zero-order valence-electron chi connectivity index (χ0n) is 16.2. The summed E-state index contributed by atoms with van der Waals surface area (Å²) in [6.45, 7) is 3.74. The van der Waals surface area contributed by atoms with Crippen LogP contribution in [0.2, 0.25) is 5.02 Å². The van der Waals surface area contributed by atoms with E-state index < -0.39 is 5.97 Å². The van der Waals surface area contributed by atoms with Crippen molar-refractivity contribution in [2.45, 2.75) is 25.8 Å². The number of methoxy groups -OCH3 is 1. The fourth-order valence-corrected chi connectivity index (χ4v) is 4.10. The van der Waals surface area contributed by atoms with Crippen molar-refractivity contribution in [2.75, 3.05) is 26.8 Å². The van der Waals surface area contributed by atoms with E-state index in [1.807, 2.05) is 49.4 Å². The molecule has 0 amide bonds. The molecule has 5 nitrogen and oxygen atoms in total. The first-order valence-electron chi connectivity index (χ1n) is 9.57. The lowest BCUT2D eigenvalue weighted by Crippen LogP contribution is -2.41. The second-order valence-corrected chi connectivity index (χ2v) is 7.37. The first-order valence-corrected chi connectivity index (χ1v) is 9.95. The van der Waals surface area contributed by atoms with Gasteiger partial charge in [0.1, 0.15) is 11.5 Å². The molecule has 2 aromatic carbocycles. The van der Waals surface area contributed by atoms with Crippen LogP contribution in [0, 0.1) is 5.92 Å². The molecule has 3 rings (SSSR count). The van der Waals surface area contributed by atoms with Crippen LogP contribution < -0.4 is 9.47 Å². The zero-order chi connectivity index (χ0) is 20.1. The summed E-state index contributed by atoms with van der Waals surface area (Å²) in [4.78, 5) is 13.8. The van der Waals surface area contributed by atoms with E-state index in [1.54, 1.807) is 7.11 Å². The van der Waals surface area contributed by atoms with Gasteiger partial charge in [-0.25, -0.2) is 0 Å². The summed E-state index contributed by atoms with van der Waals surface area (Å²) in [6.07, 6.45) is 1.52. The minimum atomic E-state index is -0.750. The number of hydrogen-bond donors (Lipinski definition) is 1. The molecule has 0 aromatic heterocycles. The first-order chi connectivity index (χ1) is 13.5. The van der Waals surface area contributed by atoms with Crippen molar-refractivity contribution in [1.82, 2.24) is 4.90 Å². The average molecular weight is 404 g/mol. The third-order valence-corrected chi connectivity index (χ3v) is 5.40. The van der Waals surface area contributed by atoms with Gasteiger partial charge in [0.25, 0.3) is 0 Å². The van der Waals surface area contributed by atoms with Crippen molar-refractivity contribution in [3.8, 4) is 11.5 Å². The van der Waals surface area contributed by atoms with Gasteiger partial charge >= 0.3 is 5.97 Å². The summed E-state index contributed by atoms with van der Waals surface area (Å²) in [7, 11) is 1.65. The molecule has 150 valence electrons. The van der Waals surface area contributed by atoms with Gasteiger partial charge in [-0.2, -0.15) is 0 Å². The third kappa shape index (κ3) is 4.42. The number of hydrogen-bond acceptors (Lipinski definition) is 4. The summed E-state index contributed by atoms with van der Waals surface area (Å²) in [6, 6.07) is 13.2. The monoisotopic (exact) mass is 403 g/mol. The Morgan fingerprint density at radius 1 is 1.25 bits per heavy atom. The van der Waals surface area contributed by atoms with Crippen LogP contribution in [-0.2, 0) is 4.79 Å². The number of para-hydroxylation sites is 1. The highest BCUT2D eigenvalue weighted by Crippen LogP contribution is 2.41. The molecule has 1 aliphatic rings.